The van der Waals surface area contributed by atoms with Gasteiger partial charge in [-0.2, -0.15) is 0 Å². The van der Waals surface area contributed by atoms with E-state index in [4.69, 9.17) is 0 Å². The SMILES string of the molecule is CC(C)(C)C(O)c1ccc(I)cn1. The first-order chi connectivity index (χ1) is 5.91. The number of aromatic nitrogens is 1. The normalized spacial score (nSPS) is 14.2. The Morgan fingerprint density at radius 1 is 1.38 bits per heavy atom. The highest BCUT2D eigenvalue weighted by Gasteiger charge is 2.24. The van der Waals surface area contributed by atoms with E-state index in [0.29, 0.717) is 0 Å². The summed E-state index contributed by atoms with van der Waals surface area (Å²) in [5.41, 5.74) is 0.590. The van der Waals surface area contributed by atoms with Crippen molar-refractivity contribution in [3.8, 4) is 0 Å². The van der Waals surface area contributed by atoms with Crippen LogP contribution in [0.4, 0.5) is 0 Å². The van der Waals surface area contributed by atoms with Crippen LogP contribution in [0.15, 0.2) is 18.3 Å². The number of aliphatic hydroxyl groups excluding tert-OH is 1. The molecule has 0 bridgehead atoms. The summed E-state index contributed by atoms with van der Waals surface area (Å²) in [6.45, 7) is 5.99. The summed E-state index contributed by atoms with van der Waals surface area (Å²) in [7, 11) is 0. The van der Waals surface area contributed by atoms with Crippen molar-refractivity contribution in [3.63, 3.8) is 0 Å². The zero-order valence-corrected chi connectivity index (χ0v) is 10.2. The Morgan fingerprint density at radius 3 is 2.38 bits per heavy atom. The van der Waals surface area contributed by atoms with Crippen LogP contribution in [0, 0.1) is 8.99 Å². The van der Waals surface area contributed by atoms with E-state index in [1.807, 2.05) is 32.9 Å². The quantitative estimate of drug-likeness (QED) is 0.807. The number of halogens is 1. The number of hydrogen-bond acceptors (Lipinski definition) is 2. The van der Waals surface area contributed by atoms with E-state index in [9.17, 15) is 5.11 Å². The fourth-order valence-corrected chi connectivity index (χ4v) is 1.31. The molecule has 0 aliphatic heterocycles. The van der Waals surface area contributed by atoms with Gasteiger partial charge in [-0.15, -0.1) is 0 Å². The Balaban J connectivity index is 2.90. The molecule has 0 aliphatic carbocycles. The number of aliphatic hydroxyl groups is 1. The van der Waals surface area contributed by atoms with Gasteiger partial charge in [0.2, 0.25) is 0 Å². The van der Waals surface area contributed by atoms with Gasteiger partial charge in [-0.1, -0.05) is 20.8 Å². The van der Waals surface area contributed by atoms with Crippen LogP contribution in [0.5, 0.6) is 0 Å². The molecule has 1 aromatic rings. The van der Waals surface area contributed by atoms with Crippen molar-refractivity contribution in [2.75, 3.05) is 0 Å². The Morgan fingerprint density at radius 2 is 2.00 bits per heavy atom. The lowest BCUT2D eigenvalue weighted by Crippen LogP contribution is -2.18. The molecule has 0 saturated heterocycles. The summed E-state index contributed by atoms with van der Waals surface area (Å²) < 4.78 is 1.09. The van der Waals surface area contributed by atoms with Crippen LogP contribution in [-0.4, -0.2) is 10.1 Å². The van der Waals surface area contributed by atoms with E-state index < -0.39 is 6.10 Å². The lowest BCUT2D eigenvalue weighted by molar-refractivity contribution is 0.0589. The first kappa shape index (κ1) is 10.9. The van der Waals surface area contributed by atoms with Crippen molar-refractivity contribution in [2.24, 2.45) is 5.41 Å². The molecule has 0 radical (unpaired) electrons. The van der Waals surface area contributed by atoms with Crippen molar-refractivity contribution in [1.82, 2.24) is 4.98 Å². The maximum atomic E-state index is 9.88. The van der Waals surface area contributed by atoms with E-state index in [1.165, 1.54) is 0 Å². The third-order valence-corrected chi connectivity index (χ3v) is 2.49. The summed E-state index contributed by atoms with van der Waals surface area (Å²) in [5, 5.41) is 9.88. The molecule has 0 amide bonds. The molecule has 2 nitrogen and oxygen atoms in total. The summed E-state index contributed by atoms with van der Waals surface area (Å²) in [6.07, 6.45) is 1.27. The average molecular weight is 291 g/mol. The first-order valence-corrected chi connectivity index (χ1v) is 5.28. The molecule has 3 heteroatoms. The highest BCUT2D eigenvalue weighted by Crippen LogP contribution is 2.31. The molecular weight excluding hydrogens is 277 g/mol. The maximum absolute atomic E-state index is 9.88. The molecule has 1 unspecified atom stereocenters. The topological polar surface area (TPSA) is 33.1 Å². The minimum atomic E-state index is -0.496. The predicted octanol–water partition coefficient (Wildman–Crippen LogP) is 2.77. The van der Waals surface area contributed by atoms with E-state index in [2.05, 4.69) is 27.6 Å². The van der Waals surface area contributed by atoms with E-state index in [1.54, 1.807) is 6.20 Å². The van der Waals surface area contributed by atoms with Crippen LogP contribution < -0.4 is 0 Å². The number of pyridine rings is 1. The fourth-order valence-electron chi connectivity index (χ4n) is 0.993. The third-order valence-electron chi connectivity index (χ3n) is 1.85. The number of rotatable bonds is 1. The minimum Gasteiger partial charge on any atom is -0.386 e. The van der Waals surface area contributed by atoms with Crippen LogP contribution in [-0.2, 0) is 0 Å². The third kappa shape index (κ3) is 2.91. The summed E-state index contributed by atoms with van der Waals surface area (Å²) in [6, 6.07) is 3.83. The van der Waals surface area contributed by atoms with Crippen molar-refractivity contribution < 1.29 is 5.11 Å². The molecule has 1 N–H and O–H groups in total. The van der Waals surface area contributed by atoms with Gasteiger partial charge in [0.15, 0.2) is 0 Å². The summed E-state index contributed by atoms with van der Waals surface area (Å²) in [4.78, 5) is 4.19. The fraction of sp³-hybridized carbons (Fsp3) is 0.500. The molecule has 72 valence electrons. The van der Waals surface area contributed by atoms with Crippen LogP contribution in [0.2, 0.25) is 0 Å². The molecule has 1 heterocycles. The summed E-state index contributed by atoms with van der Waals surface area (Å²) >= 11 is 2.20. The number of hydrogen-bond donors (Lipinski definition) is 1. The molecular formula is C10H14INO. The largest absolute Gasteiger partial charge is 0.386 e. The smallest absolute Gasteiger partial charge is 0.101 e. The molecule has 0 spiro atoms. The van der Waals surface area contributed by atoms with Gasteiger partial charge < -0.3 is 5.11 Å². The Labute approximate surface area is 92.5 Å². The van der Waals surface area contributed by atoms with Crippen LogP contribution in [0.1, 0.15) is 32.6 Å². The molecule has 0 aromatic carbocycles. The molecule has 13 heavy (non-hydrogen) atoms. The second kappa shape index (κ2) is 3.92. The summed E-state index contributed by atoms with van der Waals surface area (Å²) in [5.74, 6) is 0. The van der Waals surface area contributed by atoms with Crippen molar-refractivity contribution in [1.29, 1.82) is 0 Å². The molecule has 1 rings (SSSR count). The van der Waals surface area contributed by atoms with Crippen molar-refractivity contribution in [3.05, 3.63) is 27.6 Å². The van der Waals surface area contributed by atoms with Crippen LogP contribution in [0.3, 0.4) is 0 Å². The van der Waals surface area contributed by atoms with Gasteiger partial charge in [-0.25, -0.2) is 0 Å². The lowest BCUT2D eigenvalue weighted by Gasteiger charge is -2.25. The monoisotopic (exact) mass is 291 g/mol. The van der Waals surface area contributed by atoms with Gasteiger partial charge in [0, 0.05) is 9.77 Å². The lowest BCUT2D eigenvalue weighted by atomic mass is 9.87. The Hall–Kier alpha value is -0.160. The van der Waals surface area contributed by atoms with E-state index in [0.717, 1.165) is 9.26 Å². The van der Waals surface area contributed by atoms with Gasteiger partial charge in [-0.05, 0) is 40.1 Å². The maximum Gasteiger partial charge on any atom is 0.101 e. The average Bonchev–Trinajstić information content (AvgIpc) is 2.03. The minimum absolute atomic E-state index is 0.153. The van der Waals surface area contributed by atoms with Gasteiger partial charge in [0.05, 0.1) is 5.69 Å². The molecule has 0 saturated carbocycles. The van der Waals surface area contributed by atoms with Crippen LogP contribution in [0.25, 0.3) is 0 Å². The van der Waals surface area contributed by atoms with Crippen molar-refractivity contribution >= 4 is 22.6 Å². The second-order valence-electron chi connectivity index (χ2n) is 4.17. The number of nitrogens with zero attached hydrogens (tertiary/aromatic N) is 1. The predicted molar refractivity (Wildman–Crippen MR) is 61.4 cm³/mol. The molecule has 1 atom stereocenters. The molecule has 1 aromatic heterocycles. The first-order valence-electron chi connectivity index (χ1n) is 4.21. The zero-order valence-electron chi connectivity index (χ0n) is 8.08. The van der Waals surface area contributed by atoms with Gasteiger partial charge in [0.25, 0.3) is 0 Å². The molecule has 0 aliphatic rings. The van der Waals surface area contributed by atoms with E-state index in [-0.39, 0.29) is 5.41 Å². The van der Waals surface area contributed by atoms with E-state index >= 15 is 0 Å². The van der Waals surface area contributed by atoms with Crippen molar-refractivity contribution in [2.45, 2.75) is 26.9 Å². The second-order valence-corrected chi connectivity index (χ2v) is 5.42. The Kier molecular flexibility index (Phi) is 3.29. The van der Waals surface area contributed by atoms with Crippen LogP contribution >= 0.6 is 22.6 Å². The Bertz CT molecular complexity index is 276. The van der Waals surface area contributed by atoms with Gasteiger partial charge >= 0.3 is 0 Å². The highest BCUT2D eigenvalue weighted by atomic mass is 127. The standard InChI is InChI=1S/C10H14INO/c1-10(2,3)9(13)8-5-4-7(11)6-12-8/h4-6,9,13H,1-3H3. The van der Waals surface area contributed by atoms with Gasteiger partial charge in [0.1, 0.15) is 6.10 Å². The highest BCUT2D eigenvalue weighted by molar-refractivity contribution is 14.1. The van der Waals surface area contributed by atoms with Gasteiger partial charge in [-0.3, -0.25) is 4.98 Å². The molecule has 0 fully saturated rings. The zero-order chi connectivity index (χ0) is 10.1.